The molecular weight excluding hydrogens is 274 g/mol. The van der Waals surface area contributed by atoms with Crippen molar-refractivity contribution in [3.8, 4) is 6.07 Å². The van der Waals surface area contributed by atoms with Crippen LogP contribution in [-0.2, 0) is 10.0 Å². The Morgan fingerprint density at radius 1 is 1.15 bits per heavy atom. The maximum absolute atomic E-state index is 12.2. The molecule has 5 nitrogen and oxygen atoms in total. The smallest absolute Gasteiger partial charge is 0.263 e. The van der Waals surface area contributed by atoms with Crippen LogP contribution in [0.4, 0.5) is 11.4 Å². The van der Waals surface area contributed by atoms with Crippen LogP contribution in [0.25, 0.3) is 0 Å². The molecule has 3 N–H and O–H groups in total. The molecular formula is C14H13N3O2S. The first-order valence-corrected chi connectivity index (χ1v) is 7.30. The minimum atomic E-state index is -3.77. The molecule has 0 aliphatic heterocycles. The quantitative estimate of drug-likeness (QED) is 0.846. The van der Waals surface area contributed by atoms with Gasteiger partial charge in [-0.15, -0.1) is 0 Å². The maximum atomic E-state index is 12.2. The predicted octanol–water partition coefficient (Wildman–Crippen LogP) is 2.25. The van der Waals surface area contributed by atoms with E-state index in [1.165, 1.54) is 18.2 Å². The fourth-order valence-corrected chi connectivity index (χ4v) is 2.87. The van der Waals surface area contributed by atoms with Crippen molar-refractivity contribution in [1.82, 2.24) is 0 Å². The van der Waals surface area contributed by atoms with Crippen molar-refractivity contribution in [2.45, 2.75) is 11.8 Å². The van der Waals surface area contributed by atoms with Gasteiger partial charge < -0.3 is 5.73 Å². The second kappa shape index (κ2) is 5.23. The molecule has 0 aliphatic carbocycles. The Kier molecular flexibility index (Phi) is 3.63. The van der Waals surface area contributed by atoms with Crippen LogP contribution < -0.4 is 10.5 Å². The molecule has 0 atom stereocenters. The first-order chi connectivity index (χ1) is 9.42. The highest BCUT2D eigenvalue weighted by atomic mass is 32.2. The summed E-state index contributed by atoms with van der Waals surface area (Å²) in [5.74, 6) is 0. The normalized spacial score (nSPS) is 10.8. The monoisotopic (exact) mass is 287 g/mol. The molecule has 0 amide bonds. The lowest BCUT2D eigenvalue weighted by molar-refractivity contribution is 0.601. The number of anilines is 2. The molecule has 0 fully saturated rings. The van der Waals surface area contributed by atoms with Gasteiger partial charge in [0.15, 0.2) is 0 Å². The zero-order valence-corrected chi connectivity index (χ0v) is 11.6. The van der Waals surface area contributed by atoms with Gasteiger partial charge in [0, 0.05) is 5.69 Å². The largest absolute Gasteiger partial charge is 0.398 e. The van der Waals surface area contributed by atoms with E-state index in [9.17, 15) is 8.42 Å². The predicted molar refractivity (Wildman–Crippen MR) is 77.6 cm³/mol. The molecule has 0 aromatic heterocycles. The summed E-state index contributed by atoms with van der Waals surface area (Å²) in [5, 5.41) is 8.75. The van der Waals surface area contributed by atoms with Crippen molar-refractivity contribution < 1.29 is 8.42 Å². The molecule has 0 saturated carbocycles. The van der Waals surface area contributed by atoms with E-state index in [4.69, 9.17) is 11.0 Å². The molecule has 0 bridgehead atoms. The van der Waals surface area contributed by atoms with Gasteiger partial charge in [-0.05, 0) is 37.3 Å². The Bertz CT molecular complexity index is 775. The lowest BCUT2D eigenvalue weighted by Crippen LogP contribution is -2.14. The number of nitriles is 1. The summed E-state index contributed by atoms with van der Waals surface area (Å²) in [6.45, 7) is 1.91. The van der Waals surface area contributed by atoms with Gasteiger partial charge in [-0.2, -0.15) is 5.26 Å². The van der Waals surface area contributed by atoms with E-state index in [0.717, 1.165) is 5.56 Å². The summed E-state index contributed by atoms with van der Waals surface area (Å²) in [5.41, 5.74) is 7.54. The number of rotatable bonds is 3. The summed E-state index contributed by atoms with van der Waals surface area (Å²) >= 11 is 0. The van der Waals surface area contributed by atoms with Crippen molar-refractivity contribution in [2.24, 2.45) is 0 Å². The lowest BCUT2D eigenvalue weighted by atomic mass is 10.2. The Morgan fingerprint density at radius 3 is 2.35 bits per heavy atom. The van der Waals surface area contributed by atoms with Crippen LogP contribution in [0.15, 0.2) is 47.4 Å². The van der Waals surface area contributed by atoms with E-state index in [0.29, 0.717) is 11.3 Å². The number of nitrogens with zero attached hydrogens (tertiary/aromatic N) is 1. The SMILES string of the molecule is Cc1ccc(NS(=O)(=O)c2ccc(C#N)cc2N)cc1. The van der Waals surface area contributed by atoms with Gasteiger partial charge in [0.05, 0.1) is 17.3 Å². The van der Waals surface area contributed by atoms with Gasteiger partial charge >= 0.3 is 0 Å². The van der Waals surface area contributed by atoms with Crippen LogP contribution in [0.1, 0.15) is 11.1 Å². The molecule has 102 valence electrons. The highest BCUT2D eigenvalue weighted by Gasteiger charge is 2.17. The summed E-state index contributed by atoms with van der Waals surface area (Å²) < 4.78 is 26.9. The minimum absolute atomic E-state index is 0.0444. The summed E-state index contributed by atoms with van der Waals surface area (Å²) in [7, 11) is -3.77. The molecule has 2 aromatic rings. The number of nitrogen functional groups attached to an aromatic ring is 1. The van der Waals surface area contributed by atoms with Crippen LogP contribution in [0.2, 0.25) is 0 Å². The van der Waals surface area contributed by atoms with E-state index < -0.39 is 10.0 Å². The fourth-order valence-electron chi connectivity index (χ4n) is 1.69. The lowest BCUT2D eigenvalue weighted by Gasteiger charge is -2.10. The summed E-state index contributed by atoms with van der Waals surface area (Å²) in [6, 6.07) is 12.9. The Balaban J connectivity index is 2.36. The van der Waals surface area contributed by atoms with Crippen molar-refractivity contribution in [2.75, 3.05) is 10.5 Å². The van der Waals surface area contributed by atoms with Crippen molar-refractivity contribution in [3.05, 3.63) is 53.6 Å². The fraction of sp³-hybridized carbons (Fsp3) is 0.0714. The van der Waals surface area contributed by atoms with E-state index in [-0.39, 0.29) is 10.6 Å². The number of hydrogen-bond donors (Lipinski definition) is 2. The summed E-state index contributed by atoms with van der Waals surface area (Å²) in [4.78, 5) is -0.0444. The number of benzene rings is 2. The standard InChI is InChI=1S/C14H13N3O2S/c1-10-2-5-12(6-3-10)17-20(18,19)14-7-4-11(9-15)8-13(14)16/h2-8,17H,16H2,1H3. The zero-order chi connectivity index (χ0) is 14.8. The van der Waals surface area contributed by atoms with Crippen LogP contribution in [0.3, 0.4) is 0 Å². The third-order valence-corrected chi connectivity index (χ3v) is 4.19. The second-order valence-electron chi connectivity index (χ2n) is 4.34. The Morgan fingerprint density at radius 2 is 1.80 bits per heavy atom. The molecule has 6 heteroatoms. The molecule has 0 unspecified atom stereocenters. The third-order valence-electron chi connectivity index (χ3n) is 2.73. The molecule has 0 radical (unpaired) electrons. The molecule has 0 saturated heterocycles. The third kappa shape index (κ3) is 2.90. The average Bonchev–Trinajstić information content (AvgIpc) is 2.40. The van der Waals surface area contributed by atoms with Crippen LogP contribution in [0.5, 0.6) is 0 Å². The number of nitrogens with one attached hydrogen (secondary N) is 1. The number of sulfonamides is 1. The molecule has 0 aliphatic rings. The van der Waals surface area contributed by atoms with Crippen LogP contribution >= 0.6 is 0 Å². The van der Waals surface area contributed by atoms with Gasteiger partial charge in [0.25, 0.3) is 10.0 Å². The molecule has 0 heterocycles. The van der Waals surface area contributed by atoms with E-state index in [1.807, 2.05) is 13.0 Å². The maximum Gasteiger partial charge on any atom is 0.263 e. The van der Waals surface area contributed by atoms with Crippen molar-refractivity contribution in [3.63, 3.8) is 0 Å². The van der Waals surface area contributed by atoms with Gasteiger partial charge in [-0.25, -0.2) is 8.42 Å². The van der Waals surface area contributed by atoms with Crippen molar-refractivity contribution in [1.29, 1.82) is 5.26 Å². The number of hydrogen-bond acceptors (Lipinski definition) is 4. The van der Waals surface area contributed by atoms with Gasteiger partial charge in [0.1, 0.15) is 4.90 Å². The van der Waals surface area contributed by atoms with E-state index in [1.54, 1.807) is 24.3 Å². The molecule has 20 heavy (non-hydrogen) atoms. The number of nitrogens with two attached hydrogens (primary N) is 1. The molecule has 0 spiro atoms. The van der Waals surface area contributed by atoms with Crippen LogP contribution in [-0.4, -0.2) is 8.42 Å². The van der Waals surface area contributed by atoms with Gasteiger partial charge in [-0.3, -0.25) is 4.72 Å². The van der Waals surface area contributed by atoms with Crippen LogP contribution in [0, 0.1) is 18.3 Å². The van der Waals surface area contributed by atoms with Crippen molar-refractivity contribution >= 4 is 21.4 Å². The topological polar surface area (TPSA) is 96.0 Å². The first kappa shape index (κ1) is 13.9. The molecule has 2 aromatic carbocycles. The van der Waals surface area contributed by atoms with E-state index in [2.05, 4.69) is 4.72 Å². The highest BCUT2D eigenvalue weighted by molar-refractivity contribution is 7.92. The second-order valence-corrected chi connectivity index (χ2v) is 5.99. The van der Waals surface area contributed by atoms with Gasteiger partial charge in [0.2, 0.25) is 0 Å². The van der Waals surface area contributed by atoms with Gasteiger partial charge in [-0.1, -0.05) is 17.7 Å². The molecule has 2 rings (SSSR count). The zero-order valence-electron chi connectivity index (χ0n) is 10.8. The highest BCUT2D eigenvalue weighted by Crippen LogP contribution is 2.22. The Labute approximate surface area is 117 Å². The Hall–Kier alpha value is -2.52. The summed E-state index contributed by atoms with van der Waals surface area (Å²) in [6.07, 6.45) is 0. The first-order valence-electron chi connectivity index (χ1n) is 5.81. The van der Waals surface area contributed by atoms with E-state index >= 15 is 0 Å². The average molecular weight is 287 g/mol. The number of aryl methyl sites for hydroxylation is 1. The minimum Gasteiger partial charge on any atom is -0.398 e.